The molecule has 0 radical (unpaired) electrons. The van der Waals surface area contributed by atoms with Crippen molar-refractivity contribution in [1.29, 1.82) is 0 Å². The first-order chi connectivity index (χ1) is 17.6. The van der Waals surface area contributed by atoms with Gasteiger partial charge in [-0.25, -0.2) is 4.98 Å². The van der Waals surface area contributed by atoms with Crippen LogP contribution in [0.1, 0.15) is 23.6 Å². The molecule has 0 spiro atoms. The molecule has 5 nitrogen and oxygen atoms in total. The summed E-state index contributed by atoms with van der Waals surface area (Å²) in [5.74, 6) is 0.713. The summed E-state index contributed by atoms with van der Waals surface area (Å²) in [6.07, 6.45) is 1.90. The lowest BCUT2D eigenvalue weighted by Gasteiger charge is -2.11. The van der Waals surface area contributed by atoms with Crippen molar-refractivity contribution in [3.05, 3.63) is 106 Å². The molecule has 7 heteroatoms. The number of carbonyl (C=O) groups is 1. The topological polar surface area (TPSA) is 54.8 Å². The van der Waals surface area contributed by atoms with Crippen LogP contribution in [0.25, 0.3) is 17.3 Å². The second-order valence-electron chi connectivity index (χ2n) is 8.28. The zero-order valence-electron chi connectivity index (χ0n) is 20.0. The number of benzene rings is 3. The number of hydrogen-bond acceptors (Lipinski definition) is 6. The maximum atomic E-state index is 13.1. The van der Waals surface area contributed by atoms with Gasteiger partial charge in [-0.3, -0.25) is 9.69 Å². The van der Waals surface area contributed by atoms with E-state index in [4.69, 9.17) is 9.73 Å². The van der Waals surface area contributed by atoms with E-state index >= 15 is 0 Å². The highest BCUT2D eigenvalue weighted by Crippen LogP contribution is 2.35. The van der Waals surface area contributed by atoms with Crippen molar-refractivity contribution in [3.8, 4) is 17.0 Å². The average Bonchev–Trinajstić information content (AvgIpc) is 3.48. The maximum Gasteiger partial charge on any atom is 0.266 e. The van der Waals surface area contributed by atoms with Crippen molar-refractivity contribution >= 4 is 45.4 Å². The normalized spacial score (nSPS) is 15.7. The molecule has 1 fully saturated rings. The average molecular weight is 512 g/mol. The van der Waals surface area contributed by atoms with E-state index in [-0.39, 0.29) is 5.91 Å². The molecule has 0 bridgehead atoms. The fourth-order valence-electron chi connectivity index (χ4n) is 3.71. The molecule has 0 aliphatic carbocycles. The number of aryl methyl sites for hydroxylation is 1. The summed E-state index contributed by atoms with van der Waals surface area (Å²) in [6.45, 7) is 5.05. The Hall–Kier alpha value is -3.68. The number of thiazole rings is 1. The predicted octanol–water partition coefficient (Wildman–Crippen LogP) is 7.32. The first-order valence-corrected chi connectivity index (χ1v) is 13.4. The lowest BCUT2D eigenvalue weighted by Crippen LogP contribution is -2.28. The molecule has 1 aromatic heterocycles. The van der Waals surface area contributed by atoms with Crippen LogP contribution in [-0.2, 0) is 11.4 Å². The molecule has 1 amide bonds. The van der Waals surface area contributed by atoms with Crippen LogP contribution in [0.2, 0.25) is 0 Å². The third kappa shape index (κ3) is 5.58. The number of amides is 1. The molecule has 180 valence electrons. The molecule has 2 heterocycles. The Morgan fingerprint density at radius 1 is 1.03 bits per heavy atom. The van der Waals surface area contributed by atoms with Gasteiger partial charge in [-0.2, -0.15) is 4.99 Å². The van der Waals surface area contributed by atoms with Crippen LogP contribution in [0.5, 0.6) is 5.75 Å². The number of amidine groups is 1. The highest BCUT2D eigenvalue weighted by molar-refractivity contribution is 8.18. The van der Waals surface area contributed by atoms with E-state index < -0.39 is 0 Å². The minimum absolute atomic E-state index is 0.0490. The molecule has 1 aliphatic heterocycles. The molecular weight excluding hydrogens is 486 g/mol. The van der Waals surface area contributed by atoms with Crippen LogP contribution in [0.15, 0.2) is 94.1 Å². The summed E-state index contributed by atoms with van der Waals surface area (Å²) in [5, 5.41) is 3.27. The number of rotatable bonds is 7. The second kappa shape index (κ2) is 10.9. The maximum absolute atomic E-state index is 13.1. The van der Waals surface area contributed by atoms with Gasteiger partial charge in [-0.05, 0) is 54.9 Å². The Balaban J connectivity index is 1.32. The summed E-state index contributed by atoms with van der Waals surface area (Å²) >= 11 is 2.85. The van der Waals surface area contributed by atoms with Crippen LogP contribution in [0, 0.1) is 6.92 Å². The molecule has 0 atom stereocenters. The molecule has 1 aliphatic rings. The second-order valence-corrected chi connectivity index (χ2v) is 10.1. The van der Waals surface area contributed by atoms with Gasteiger partial charge in [-0.15, -0.1) is 11.3 Å². The lowest BCUT2D eigenvalue weighted by molar-refractivity contribution is -0.122. The van der Waals surface area contributed by atoms with E-state index in [1.807, 2.05) is 73.0 Å². The highest BCUT2D eigenvalue weighted by Gasteiger charge is 2.32. The number of aliphatic imine (C=N–C) groups is 1. The molecule has 0 saturated carbocycles. The minimum Gasteiger partial charge on any atom is -0.489 e. The Kier molecular flexibility index (Phi) is 7.30. The van der Waals surface area contributed by atoms with Crippen molar-refractivity contribution < 1.29 is 9.53 Å². The number of hydrogen-bond donors (Lipinski definition) is 0. The first-order valence-electron chi connectivity index (χ1n) is 11.7. The lowest BCUT2D eigenvalue weighted by atomic mass is 10.1. The third-order valence-electron chi connectivity index (χ3n) is 5.64. The number of ether oxygens (including phenoxy) is 1. The van der Waals surface area contributed by atoms with Gasteiger partial charge in [0.05, 0.1) is 10.6 Å². The molecular formula is C29H25N3O2S2. The summed E-state index contributed by atoms with van der Waals surface area (Å²) in [5.41, 5.74) is 5.18. The Labute approximate surface area is 219 Å². The molecule has 3 aromatic carbocycles. The number of likely N-dealkylation sites (N-methyl/N-ethyl adjacent to an activating group) is 1. The van der Waals surface area contributed by atoms with Crippen LogP contribution < -0.4 is 4.74 Å². The van der Waals surface area contributed by atoms with Gasteiger partial charge >= 0.3 is 0 Å². The van der Waals surface area contributed by atoms with Crippen molar-refractivity contribution in [2.75, 3.05) is 6.54 Å². The molecule has 0 N–H and O–H groups in total. The fraction of sp³-hybridized carbons (Fsp3) is 0.138. The molecule has 36 heavy (non-hydrogen) atoms. The third-order valence-corrected chi connectivity index (χ3v) is 7.38. The number of carbonyl (C=O) groups excluding carboxylic acids is 1. The zero-order chi connectivity index (χ0) is 24.9. The molecule has 4 aromatic rings. The van der Waals surface area contributed by atoms with Crippen molar-refractivity contribution in [2.24, 2.45) is 4.99 Å². The van der Waals surface area contributed by atoms with Gasteiger partial charge in [0.1, 0.15) is 12.4 Å². The Morgan fingerprint density at radius 3 is 2.61 bits per heavy atom. The Morgan fingerprint density at radius 2 is 1.83 bits per heavy atom. The van der Waals surface area contributed by atoms with E-state index in [1.165, 1.54) is 28.7 Å². The van der Waals surface area contributed by atoms with E-state index in [1.54, 1.807) is 4.90 Å². The number of thioether (sulfide) groups is 1. The highest BCUT2D eigenvalue weighted by atomic mass is 32.2. The quantitative estimate of drug-likeness (QED) is 0.244. The summed E-state index contributed by atoms with van der Waals surface area (Å²) < 4.78 is 5.98. The van der Waals surface area contributed by atoms with Gasteiger partial charge in [0.25, 0.3) is 5.91 Å². The van der Waals surface area contributed by atoms with E-state index in [2.05, 4.69) is 36.2 Å². The van der Waals surface area contributed by atoms with E-state index in [9.17, 15) is 4.79 Å². The number of nitrogens with zero attached hydrogens (tertiary/aromatic N) is 3. The standard InChI is InChI=1S/C29H25N3O2S2/c1-3-32-27(33)26(36-29(32)31-28-30-25(19-35-28)23-9-5-4-6-10-23)17-22-8-7-11-24(16-22)34-18-21-14-12-20(2)13-15-21/h4-17,19H,3,18H2,1-2H3/b26-17-,31-29+. The van der Waals surface area contributed by atoms with E-state index in [0.717, 1.165) is 28.1 Å². The van der Waals surface area contributed by atoms with Crippen molar-refractivity contribution in [2.45, 2.75) is 20.5 Å². The first kappa shape index (κ1) is 24.0. The van der Waals surface area contributed by atoms with Gasteiger partial charge < -0.3 is 4.74 Å². The van der Waals surface area contributed by atoms with Crippen LogP contribution in [-0.4, -0.2) is 27.5 Å². The molecule has 0 unspecified atom stereocenters. The number of aromatic nitrogens is 1. The van der Waals surface area contributed by atoms with Gasteiger partial charge in [-0.1, -0.05) is 72.3 Å². The SMILES string of the molecule is CCN1C(=O)/C(=C/c2cccc(OCc3ccc(C)cc3)c2)S/C1=N/c1nc(-c2ccccc2)cs1. The summed E-state index contributed by atoms with van der Waals surface area (Å²) in [4.78, 5) is 24.8. The van der Waals surface area contributed by atoms with Crippen LogP contribution >= 0.6 is 23.1 Å². The van der Waals surface area contributed by atoms with Gasteiger partial charge in [0.15, 0.2) is 5.17 Å². The smallest absolute Gasteiger partial charge is 0.266 e. The van der Waals surface area contributed by atoms with Gasteiger partial charge in [0.2, 0.25) is 5.13 Å². The van der Waals surface area contributed by atoms with Crippen molar-refractivity contribution in [3.63, 3.8) is 0 Å². The monoisotopic (exact) mass is 511 g/mol. The molecule has 1 saturated heterocycles. The van der Waals surface area contributed by atoms with Crippen LogP contribution in [0.3, 0.4) is 0 Å². The van der Waals surface area contributed by atoms with Crippen LogP contribution in [0.4, 0.5) is 5.13 Å². The Bertz CT molecular complexity index is 1430. The fourth-order valence-corrected chi connectivity index (χ4v) is 5.50. The minimum atomic E-state index is -0.0490. The van der Waals surface area contributed by atoms with Crippen molar-refractivity contribution in [1.82, 2.24) is 9.88 Å². The zero-order valence-corrected chi connectivity index (χ0v) is 21.7. The predicted molar refractivity (Wildman–Crippen MR) is 150 cm³/mol. The largest absolute Gasteiger partial charge is 0.489 e. The molecule has 5 rings (SSSR count). The summed E-state index contributed by atoms with van der Waals surface area (Å²) in [7, 11) is 0. The van der Waals surface area contributed by atoms with E-state index in [0.29, 0.717) is 28.4 Å². The summed E-state index contributed by atoms with van der Waals surface area (Å²) in [6, 6.07) is 26.1. The van der Waals surface area contributed by atoms with Gasteiger partial charge in [0, 0.05) is 17.5 Å².